The fourth-order valence-electron chi connectivity index (χ4n) is 3.14. The molecule has 36 heavy (non-hydrogen) atoms. The van der Waals surface area contributed by atoms with Crippen LogP contribution in [0.4, 0.5) is 16.2 Å². The van der Waals surface area contributed by atoms with Crippen molar-refractivity contribution in [3.8, 4) is 12.1 Å². The van der Waals surface area contributed by atoms with Crippen molar-refractivity contribution >= 4 is 49.4 Å². The zero-order valence-electron chi connectivity index (χ0n) is 18.6. The standard InChI is InChI=1S/C21H16Br2N4O9/c1-33-17(19-13(22)3-11(7-24)5-15(19)26(29)30)9-35-21(28)36-10-18(34-2)20-14(23)4-12(8-25)6-16(20)27(31)32/h3-6,17-18H,9-10H2,1-2H3. The SMILES string of the molecule is COC(COC(=O)OCC(OC)c1c(Br)cc(C#N)cc1[N+](=O)[O-])c1c(Br)cc(C#N)cc1[N+](=O)[O-]. The maximum Gasteiger partial charge on any atom is 0.508 e. The number of methoxy groups -OCH3 is 2. The van der Waals surface area contributed by atoms with Gasteiger partial charge >= 0.3 is 6.16 Å². The van der Waals surface area contributed by atoms with E-state index in [1.54, 1.807) is 0 Å². The molecule has 0 bridgehead atoms. The minimum Gasteiger partial charge on any atom is -0.431 e. The predicted molar refractivity (Wildman–Crippen MR) is 128 cm³/mol. The molecule has 2 aromatic rings. The third-order valence-corrected chi connectivity index (χ3v) is 6.10. The summed E-state index contributed by atoms with van der Waals surface area (Å²) in [4.78, 5) is 33.8. The summed E-state index contributed by atoms with van der Waals surface area (Å²) in [5.74, 6) is 0. The van der Waals surface area contributed by atoms with Crippen molar-refractivity contribution < 1.29 is 33.6 Å². The summed E-state index contributed by atoms with van der Waals surface area (Å²) < 4.78 is 21.0. The van der Waals surface area contributed by atoms with Crippen molar-refractivity contribution in [3.05, 3.63) is 75.7 Å². The third kappa shape index (κ3) is 6.73. The van der Waals surface area contributed by atoms with Crippen molar-refractivity contribution in [2.45, 2.75) is 12.2 Å². The van der Waals surface area contributed by atoms with Gasteiger partial charge in [-0.15, -0.1) is 0 Å². The van der Waals surface area contributed by atoms with Crippen molar-refractivity contribution in [1.29, 1.82) is 10.5 Å². The van der Waals surface area contributed by atoms with Crippen LogP contribution in [-0.2, 0) is 18.9 Å². The van der Waals surface area contributed by atoms with Gasteiger partial charge in [0, 0.05) is 35.3 Å². The van der Waals surface area contributed by atoms with E-state index in [0.29, 0.717) is 0 Å². The van der Waals surface area contributed by atoms with Crippen LogP contribution in [0.3, 0.4) is 0 Å². The largest absolute Gasteiger partial charge is 0.508 e. The van der Waals surface area contributed by atoms with Crippen LogP contribution in [0.2, 0.25) is 0 Å². The van der Waals surface area contributed by atoms with E-state index in [9.17, 15) is 25.0 Å². The van der Waals surface area contributed by atoms with Crippen LogP contribution < -0.4 is 0 Å². The number of rotatable bonds is 10. The molecule has 0 radical (unpaired) electrons. The Bertz CT molecular complexity index is 1180. The molecule has 0 aliphatic carbocycles. The number of hydrogen-bond donors (Lipinski definition) is 0. The van der Waals surface area contributed by atoms with Gasteiger partial charge in [-0.2, -0.15) is 10.5 Å². The lowest BCUT2D eigenvalue weighted by atomic mass is 10.0. The Morgan fingerprint density at radius 1 is 0.861 bits per heavy atom. The number of halogens is 2. The average Bonchev–Trinajstić information content (AvgIpc) is 2.85. The Balaban J connectivity index is 2.17. The molecule has 0 aromatic heterocycles. The van der Waals surface area contributed by atoms with Crippen LogP contribution in [0, 0.1) is 42.9 Å². The second kappa shape index (κ2) is 12.9. The molecular formula is C21H16Br2N4O9. The van der Waals surface area contributed by atoms with E-state index in [0.717, 1.165) is 12.1 Å². The van der Waals surface area contributed by atoms with E-state index in [1.165, 1.54) is 26.4 Å². The Kier molecular flexibility index (Phi) is 10.2. The number of benzene rings is 2. The molecule has 188 valence electrons. The maximum atomic E-state index is 12.2. The number of nitro groups is 2. The summed E-state index contributed by atoms with van der Waals surface area (Å²) in [5, 5.41) is 41.1. The second-order valence-corrected chi connectivity index (χ2v) is 8.55. The summed E-state index contributed by atoms with van der Waals surface area (Å²) in [6.07, 6.45) is -3.38. The van der Waals surface area contributed by atoms with Gasteiger partial charge in [-0.3, -0.25) is 20.2 Å². The Morgan fingerprint density at radius 2 is 1.22 bits per heavy atom. The normalized spacial score (nSPS) is 12.1. The van der Waals surface area contributed by atoms with Crippen LogP contribution >= 0.6 is 31.9 Å². The van der Waals surface area contributed by atoms with E-state index < -0.39 is 52.8 Å². The Morgan fingerprint density at radius 3 is 1.50 bits per heavy atom. The highest BCUT2D eigenvalue weighted by atomic mass is 79.9. The first-order chi connectivity index (χ1) is 17.1. The summed E-state index contributed by atoms with van der Waals surface area (Å²) >= 11 is 6.35. The first-order valence-electron chi connectivity index (χ1n) is 9.68. The zero-order chi connectivity index (χ0) is 27.0. The molecule has 2 unspecified atom stereocenters. The van der Waals surface area contributed by atoms with Crippen LogP contribution in [-0.4, -0.2) is 43.4 Å². The average molecular weight is 628 g/mol. The third-order valence-electron chi connectivity index (χ3n) is 4.79. The van der Waals surface area contributed by atoms with Gasteiger partial charge in [0.15, 0.2) is 0 Å². The van der Waals surface area contributed by atoms with Crippen LogP contribution in [0.1, 0.15) is 34.5 Å². The number of ether oxygens (including phenoxy) is 4. The first kappa shape index (κ1) is 28.6. The Labute approximate surface area is 220 Å². The molecule has 2 atom stereocenters. The fourth-order valence-corrected chi connectivity index (χ4v) is 4.55. The van der Waals surface area contributed by atoms with E-state index in [4.69, 9.17) is 29.5 Å². The van der Waals surface area contributed by atoms with Gasteiger partial charge in [0.25, 0.3) is 11.4 Å². The monoisotopic (exact) mass is 626 g/mol. The first-order valence-corrected chi connectivity index (χ1v) is 11.3. The van der Waals surface area contributed by atoms with Crippen molar-refractivity contribution in [2.75, 3.05) is 27.4 Å². The van der Waals surface area contributed by atoms with E-state index in [1.807, 2.05) is 12.1 Å². The van der Waals surface area contributed by atoms with Gasteiger partial charge in [-0.05, 0) is 12.1 Å². The van der Waals surface area contributed by atoms with Gasteiger partial charge in [-0.1, -0.05) is 31.9 Å². The molecule has 0 aliphatic heterocycles. The molecule has 0 fully saturated rings. The number of nitrogens with zero attached hydrogens (tertiary/aromatic N) is 4. The number of hydrogen-bond acceptors (Lipinski definition) is 11. The quantitative estimate of drug-likeness (QED) is 0.196. The summed E-state index contributed by atoms with van der Waals surface area (Å²) in [5.41, 5.74) is -0.658. The van der Waals surface area contributed by atoms with Crippen LogP contribution in [0.5, 0.6) is 0 Å². The number of carbonyl (C=O) groups excluding carboxylic acids is 1. The van der Waals surface area contributed by atoms with Gasteiger partial charge in [-0.25, -0.2) is 4.79 Å². The van der Waals surface area contributed by atoms with Gasteiger partial charge in [0.1, 0.15) is 25.4 Å². The maximum absolute atomic E-state index is 12.2. The molecule has 13 nitrogen and oxygen atoms in total. The smallest absolute Gasteiger partial charge is 0.431 e. The molecule has 2 rings (SSSR count). The highest BCUT2D eigenvalue weighted by molar-refractivity contribution is 9.10. The van der Waals surface area contributed by atoms with Crippen molar-refractivity contribution in [2.24, 2.45) is 0 Å². The molecule has 0 spiro atoms. The summed E-state index contributed by atoms with van der Waals surface area (Å²) in [6, 6.07) is 8.47. The molecule has 2 aromatic carbocycles. The van der Waals surface area contributed by atoms with E-state index in [2.05, 4.69) is 31.9 Å². The molecule has 0 heterocycles. The molecule has 0 N–H and O–H groups in total. The van der Waals surface area contributed by atoms with Gasteiger partial charge in [0.2, 0.25) is 0 Å². The zero-order valence-corrected chi connectivity index (χ0v) is 21.8. The predicted octanol–water partition coefficient (Wildman–Crippen LogP) is 5.00. The number of carbonyl (C=O) groups is 1. The van der Waals surface area contributed by atoms with E-state index >= 15 is 0 Å². The summed E-state index contributed by atoms with van der Waals surface area (Å²) in [6.45, 7) is -0.974. The molecule has 0 amide bonds. The highest BCUT2D eigenvalue weighted by Gasteiger charge is 2.30. The van der Waals surface area contributed by atoms with Crippen molar-refractivity contribution in [1.82, 2.24) is 0 Å². The van der Waals surface area contributed by atoms with Gasteiger partial charge < -0.3 is 18.9 Å². The Hall–Kier alpha value is -3.63. The van der Waals surface area contributed by atoms with Crippen LogP contribution in [0.25, 0.3) is 0 Å². The van der Waals surface area contributed by atoms with Gasteiger partial charge in [0.05, 0.1) is 44.2 Å². The van der Waals surface area contributed by atoms with Crippen molar-refractivity contribution in [3.63, 3.8) is 0 Å². The highest BCUT2D eigenvalue weighted by Crippen LogP contribution is 2.37. The second-order valence-electron chi connectivity index (χ2n) is 6.84. The molecule has 0 saturated heterocycles. The molecular weight excluding hydrogens is 612 g/mol. The molecule has 0 saturated carbocycles. The minimum absolute atomic E-state index is 0.0428. The topological polar surface area (TPSA) is 188 Å². The summed E-state index contributed by atoms with van der Waals surface area (Å²) in [7, 11) is 2.49. The van der Waals surface area contributed by atoms with Crippen LogP contribution in [0.15, 0.2) is 33.2 Å². The molecule has 15 heteroatoms. The fraction of sp³-hybridized carbons (Fsp3) is 0.286. The lowest BCUT2D eigenvalue weighted by Crippen LogP contribution is -2.20. The number of nitro benzene ring substituents is 2. The molecule has 0 aliphatic rings. The lowest BCUT2D eigenvalue weighted by Gasteiger charge is -2.19. The lowest BCUT2D eigenvalue weighted by molar-refractivity contribution is -0.386. The van der Waals surface area contributed by atoms with E-state index in [-0.39, 0.29) is 31.2 Å². The minimum atomic E-state index is -1.20. The number of nitriles is 2.